The van der Waals surface area contributed by atoms with Crippen LogP contribution in [0, 0.1) is 22.7 Å². The third-order valence-electron chi connectivity index (χ3n) is 10.1. The van der Waals surface area contributed by atoms with Gasteiger partial charge in [-0.1, -0.05) is 6.92 Å². The monoisotopic (exact) mass is 430 g/mol. The van der Waals surface area contributed by atoms with Crippen molar-refractivity contribution in [3.05, 3.63) is 34.4 Å². The molecule has 1 aromatic heterocycles. The molecule has 6 rings (SSSR count). The van der Waals surface area contributed by atoms with E-state index in [1.807, 2.05) is 0 Å². The van der Waals surface area contributed by atoms with Crippen molar-refractivity contribution in [3.63, 3.8) is 0 Å². The number of aliphatic hydroxyl groups excluding tert-OH is 2. The highest BCUT2D eigenvalue weighted by Gasteiger charge is 2.84. The molecule has 10 atom stereocenters. The fraction of sp³-hybridized carbons (Fsp3) is 0.750. The van der Waals surface area contributed by atoms with Crippen LogP contribution in [0.4, 0.5) is 0 Å². The molecule has 1 aromatic rings. The molecule has 5 aliphatic rings. The molecule has 168 valence electrons. The van der Waals surface area contributed by atoms with Gasteiger partial charge in [-0.25, -0.2) is 4.79 Å². The number of rotatable bonds is 2. The van der Waals surface area contributed by atoms with Gasteiger partial charge in [0.2, 0.25) is 0 Å². The molecule has 7 nitrogen and oxygen atoms in total. The summed E-state index contributed by atoms with van der Waals surface area (Å²) in [5, 5.41) is 33.0. The van der Waals surface area contributed by atoms with Crippen LogP contribution in [-0.4, -0.2) is 51.1 Å². The summed E-state index contributed by atoms with van der Waals surface area (Å²) in [6.07, 6.45) is 4.77. The van der Waals surface area contributed by atoms with Gasteiger partial charge in [0.15, 0.2) is 0 Å². The van der Waals surface area contributed by atoms with E-state index in [0.717, 1.165) is 24.7 Å². The predicted octanol–water partition coefficient (Wildman–Crippen LogP) is 1.52. The SMILES string of the molecule is CC12CCC3C(CCC4(O)CC(O)CCC34C=O)C13OC3C(O)C2c1ccc(=O)oc1. The molecule has 4 saturated carbocycles. The zero-order valence-electron chi connectivity index (χ0n) is 17.7. The molecule has 7 heteroatoms. The molecule has 0 amide bonds. The van der Waals surface area contributed by atoms with Crippen LogP contribution in [0.3, 0.4) is 0 Å². The maximum atomic E-state index is 12.6. The first-order chi connectivity index (χ1) is 14.7. The van der Waals surface area contributed by atoms with Gasteiger partial charge in [-0.3, -0.25) is 0 Å². The van der Waals surface area contributed by atoms with Crippen molar-refractivity contribution >= 4 is 6.29 Å². The summed E-state index contributed by atoms with van der Waals surface area (Å²) in [6, 6.07) is 3.13. The molecule has 0 bridgehead atoms. The number of carbonyl (C=O) groups excluding carboxylic acids is 1. The predicted molar refractivity (Wildman–Crippen MR) is 108 cm³/mol. The molecule has 0 radical (unpaired) electrons. The fourth-order valence-electron chi connectivity index (χ4n) is 8.76. The van der Waals surface area contributed by atoms with Crippen molar-refractivity contribution in [1.82, 2.24) is 0 Å². The van der Waals surface area contributed by atoms with Crippen molar-refractivity contribution in [2.75, 3.05) is 0 Å². The summed E-state index contributed by atoms with van der Waals surface area (Å²) in [5.41, 5.74) is -2.55. The van der Waals surface area contributed by atoms with E-state index in [0.29, 0.717) is 25.7 Å². The molecule has 31 heavy (non-hydrogen) atoms. The number of hydrogen-bond acceptors (Lipinski definition) is 7. The topological polar surface area (TPSA) is 121 Å². The summed E-state index contributed by atoms with van der Waals surface area (Å²) < 4.78 is 11.5. The third kappa shape index (κ3) is 2.19. The Morgan fingerprint density at radius 1 is 1.10 bits per heavy atom. The van der Waals surface area contributed by atoms with Crippen molar-refractivity contribution in [1.29, 1.82) is 0 Å². The van der Waals surface area contributed by atoms with E-state index in [-0.39, 0.29) is 35.7 Å². The van der Waals surface area contributed by atoms with E-state index in [1.165, 1.54) is 12.3 Å². The molecule has 1 saturated heterocycles. The Morgan fingerprint density at radius 2 is 1.87 bits per heavy atom. The molecular weight excluding hydrogens is 400 g/mol. The van der Waals surface area contributed by atoms with Crippen molar-refractivity contribution in [3.8, 4) is 0 Å². The molecule has 2 heterocycles. The highest BCUT2D eigenvalue weighted by Crippen LogP contribution is 2.78. The van der Waals surface area contributed by atoms with E-state index in [1.54, 1.807) is 6.07 Å². The molecule has 0 aromatic carbocycles. The zero-order valence-corrected chi connectivity index (χ0v) is 17.7. The van der Waals surface area contributed by atoms with E-state index in [4.69, 9.17) is 9.15 Å². The standard InChI is InChI=1S/C24H30O7/c1-21-7-5-15-16(6-9-23(29)10-14(26)4-8-22(15,23)12-25)24(21)20(31-24)19(28)18(21)13-2-3-17(27)30-11-13/h2-3,11-12,14-16,18-20,26,28-29H,4-10H2,1H3. The van der Waals surface area contributed by atoms with Gasteiger partial charge in [-0.2, -0.15) is 0 Å². The average Bonchev–Trinajstić information content (AvgIpc) is 3.45. The highest BCUT2D eigenvalue weighted by molar-refractivity contribution is 5.64. The number of epoxide rings is 1. The van der Waals surface area contributed by atoms with Crippen LogP contribution in [0.25, 0.3) is 0 Å². The Bertz CT molecular complexity index is 970. The van der Waals surface area contributed by atoms with Gasteiger partial charge in [0.1, 0.15) is 18.0 Å². The minimum Gasteiger partial charge on any atom is -0.431 e. The van der Waals surface area contributed by atoms with E-state index in [9.17, 15) is 24.9 Å². The molecule has 1 aliphatic heterocycles. The molecule has 10 unspecified atom stereocenters. The van der Waals surface area contributed by atoms with Gasteiger partial charge >= 0.3 is 5.63 Å². The largest absolute Gasteiger partial charge is 0.431 e. The molecular formula is C24H30O7. The Kier molecular flexibility index (Phi) is 3.93. The van der Waals surface area contributed by atoms with Gasteiger partial charge in [0.25, 0.3) is 0 Å². The Morgan fingerprint density at radius 3 is 2.58 bits per heavy atom. The first-order valence-corrected chi connectivity index (χ1v) is 11.5. The van der Waals surface area contributed by atoms with Gasteiger partial charge in [-0.05, 0) is 62.0 Å². The third-order valence-corrected chi connectivity index (χ3v) is 10.1. The highest BCUT2D eigenvalue weighted by atomic mass is 16.6. The smallest absolute Gasteiger partial charge is 0.335 e. The first kappa shape index (κ1) is 20.1. The Balaban J connectivity index is 1.42. The molecule has 5 fully saturated rings. The van der Waals surface area contributed by atoms with Crippen molar-refractivity contribution < 1.29 is 29.3 Å². The van der Waals surface area contributed by atoms with Crippen molar-refractivity contribution in [2.45, 2.75) is 87.3 Å². The quantitative estimate of drug-likeness (QED) is 0.481. The van der Waals surface area contributed by atoms with Gasteiger partial charge in [-0.15, -0.1) is 0 Å². The van der Waals surface area contributed by atoms with Crippen LogP contribution in [0.15, 0.2) is 27.6 Å². The number of ether oxygens (including phenoxy) is 1. The molecule has 1 spiro atoms. The van der Waals surface area contributed by atoms with Crippen LogP contribution in [-0.2, 0) is 9.53 Å². The number of carbonyl (C=O) groups is 1. The normalized spacial score (nSPS) is 54.8. The lowest BCUT2D eigenvalue weighted by Gasteiger charge is -2.62. The summed E-state index contributed by atoms with van der Waals surface area (Å²) in [6.45, 7) is 2.16. The van der Waals surface area contributed by atoms with Gasteiger partial charge in [0, 0.05) is 23.8 Å². The first-order valence-electron chi connectivity index (χ1n) is 11.5. The minimum absolute atomic E-state index is 0.0334. The lowest BCUT2D eigenvalue weighted by molar-refractivity contribution is -0.219. The fourth-order valence-corrected chi connectivity index (χ4v) is 8.76. The number of aliphatic hydroxyl groups is 3. The Hall–Kier alpha value is -1.54. The van der Waals surface area contributed by atoms with Crippen LogP contribution in [0.1, 0.15) is 63.4 Å². The van der Waals surface area contributed by atoms with Gasteiger partial charge in [0.05, 0.1) is 29.5 Å². The lowest BCUT2D eigenvalue weighted by Crippen LogP contribution is -2.66. The summed E-state index contributed by atoms with van der Waals surface area (Å²) >= 11 is 0. The number of hydrogen-bond donors (Lipinski definition) is 3. The van der Waals surface area contributed by atoms with Gasteiger partial charge < -0.3 is 29.3 Å². The molecule has 3 N–H and O–H groups in total. The van der Waals surface area contributed by atoms with Crippen LogP contribution < -0.4 is 5.63 Å². The second-order valence-electron chi connectivity index (χ2n) is 11.0. The maximum absolute atomic E-state index is 12.6. The lowest BCUT2D eigenvalue weighted by atomic mass is 9.42. The average molecular weight is 430 g/mol. The minimum atomic E-state index is -1.18. The van der Waals surface area contributed by atoms with Crippen LogP contribution in [0.2, 0.25) is 0 Å². The Labute approximate surface area is 180 Å². The van der Waals surface area contributed by atoms with E-state index < -0.39 is 34.5 Å². The second-order valence-corrected chi connectivity index (χ2v) is 11.0. The number of aldehydes is 1. The van der Waals surface area contributed by atoms with Crippen LogP contribution >= 0.6 is 0 Å². The second kappa shape index (κ2) is 6.07. The number of fused-ring (bicyclic) bond motifs is 3. The van der Waals surface area contributed by atoms with Crippen LogP contribution in [0.5, 0.6) is 0 Å². The maximum Gasteiger partial charge on any atom is 0.335 e. The summed E-state index contributed by atoms with van der Waals surface area (Å²) in [7, 11) is 0. The van der Waals surface area contributed by atoms with E-state index >= 15 is 0 Å². The summed E-state index contributed by atoms with van der Waals surface area (Å²) in [5.74, 6) is -0.181. The molecule has 4 aliphatic carbocycles. The van der Waals surface area contributed by atoms with Crippen molar-refractivity contribution in [2.24, 2.45) is 22.7 Å². The zero-order chi connectivity index (χ0) is 21.8. The summed E-state index contributed by atoms with van der Waals surface area (Å²) in [4.78, 5) is 24.0. The van der Waals surface area contributed by atoms with E-state index in [2.05, 4.69) is 6.92 Å².